The molecule has 4 amide bonds. The molecule has 8 heteroatoms. The fraction of sp³-hybridized carbons (Fsp3) is 0.200. The van der Waals surface area contributed by atoms with Crippen LogP contribution in [0.1, 0.15) is 13.3 Å². The molecule has 0 aromatic rings. The molecule has 0 aromatic carbocycles. The fourth-order valence-electron chi connectivity index (χ4n) is 2.21. The second-order valence-electron chi connectivity index (χ2n) is 5.15. The Morgan fingerprint density at radius 3 is 1.83 bits per heavy atom. The zero-order valence-corrected chi connectivity index (χ0v) is 12.2. The Morgan fingerprint density at radius 2 is 1.30 bits per heavy atom. The summed E-state index contributed by atoms with van der Waals surface area (Å²) in [5.41, 5.74) is 0.989. The van der Waals surface area contributed by atoms with Gasteiger partial charge in [-0.05, 0) is 6.08 Å². The van der Waals surface area contributed by atoms with E-state index in [1.165, 1.54) is 0 Å². The Balaban J connectivity index is 1.83. The topological polar surface area (TPSA) is 99.5 Å². The fourth-order valence-corrected chi connectivity index (χ4v) is 2.21. The number of nitrogens with zero attached hydrogens (tertiary/aromatic N) is 4. The molecule has 1 aliphatic carbocycles. The average molecular weight is 312 g/mol. The van der Waals surface area contributed by atoms with E-state index in [2.05, 4.69) is 10.2 Å². The van der Waals surface area contributed by atoms with Gasteiger partial charge in [0.25, 0.3) is 23.6 Å². The van der Waals surface area contributed by atoms with Gasteiger partial charge in [-0.2, -0.15) is 20.2 Å². The monoisotopic (exact) mass is 312 g/mol. The van der Waals surface area contributed by atoms with Crippen molar-refractivity contribution in [2.75, 3.05) is 0 Å². The Morgan fingerprint density at radius 1 is 0.826 bits per heavy atom. The predicted molar refractivity (Wildman–Crippen MR) is 79.8 cm³/mol. The number of carbonyl (C=O) groups excluding carboxylic acids is 4. The average Bonchev–Trinajstić information content (AvgIpc) is 3.00. The first-order valence-corrected chi connectivity index (χ1v) is 6.91. The second-order valence-corrected chi connectivity index (χ2v) is 5.15. The Kier molecular flexibility index (Phi) is 3.57. The normalized spacial score (nSPS) is 27.4. The lowest BCUT2D eigenvalue weighted by molar-refractivity contribution is -0.138. The van der Waals surface area contributed by atoms with Gasteiger partial charge >= 0.3 is 0 Å². The van der Waals surface area contributed by atoms with E-state index in [1.54, 1.807) is 12.2 Å². The van der Waals surface area contributed by atoms with E-state index in [0.717, 1.165) is 34.3 Å². The molecule has 3 aliphatic rings. The summed E-state index contributed by atoms with van der Waals surface area (Å²) in [6.07, 6.45) is 8.28. The summed E-state index contributed by atoms with van der Waals surface area (Å²) >= 11 is 0. The Bertz CT molecular complexity index is 736. The molecule has 0 aromatic heterocycles. The van der Waals surface area contributed by atoms with Crippen molar-refractivity contribution in [3.8, 4) is 0 Å². The number of amides is 4. The number of rotatable bonds is 2. The third-order valence-electron chi connectivity index (χ3n) is 3.49. The molecular weight excluding hydrogens is 300 g/mol. The highest BCUT2D eigenvalue weighted by molar-refractivity contribution is 6.18. The molecule has 23 heavy (non-hydrogen) atoms. The maximum Gasteiger partial charge on any atom is 0.274 e. The summed E-state index contributed by atoms with van der Waals surface area (Å²) in [6.45, 7) is 1.86. The van der Waals surface area contributed by atoms with Crippen LogP contribution in [0.3, 0.4) is 0 Å². The van der Waals surface area contributed by atoms with Gasteiger partial charge in [0.2, 0.25) is 0 Å². The standard InChI is InChI=1S/C15H12N4O4/c1-9-2-3-10(16-18-12(20)4-5-13(18)21)8-11(9)17-19-14(22)6-7-15(19)23/h2-7,9H,8H2,1H3. The van der Waals surface area contributed by atoms with Crippen molar-refractivity contribution < 1.29 is 19.2 Å². The first-order chi connectivity index (χ1) is 11.0. The molecule has 0 N–H and O–H groups in total. The van der Waals surface area contributed by atoms with E-state index in [1.807, 2.05) is 6.92 Å². The van der Waals surface area contributed by atoms with Crippen LogP contribution in [0, 0.1) is 5.92 Å². The smallest absolute Gasteiger partial charge is 0.267 e. The Hall–Kier alpha value is -3.16. The predicted octanol–water partition coefficient (Wildman–Crippen LogP) is 0.144. The third kappa shape index (κ3) is 2.78. The lowest BCUT2D eigenvalue weighted by Crippen LogP contribution is -2.31. The third-order valence-corrected chi connectivity index (χ3v) is 3.49. The summed E-state index contributed by atoms with van der Waals surface area (Å²) in [5.74, 6) is -2.13. The lowest BCUT2D eigenvalue weighted by atomic mass is 9.94. The highest BCUT2D eigenvalue weighted by atomic mass is 16.2. The number of allylic oxidation sites excluding steroid dienone is 2. The molecule has 0 spiro atoms. The minimum Gasteiger partial charge on any atom is -0.267 e. The molecule has 3 rings (SSSR count). The highest BCUT2D eigenvalue weighted by Crippen LogP contribution is 2.17. The van der Waals surface area contributed by atoms with Gasteiger partial charge in [-0.25, -0.2) is 0 Å². The van der Waals surface area contributed by atoms with Crippen molar-refractivity contribution in [3.05, 3.63) is 36.5 Å². The van der Waals surface area contributed by atoms with Crippen LogP contribution in [-0.4, -0.2) is 45.1 Å². The summed E-state index contributed by atoms with van der Waals surface area (Å²) in [7, 11) is 0. The number of hydrogen-bond donors (Lipinski definition) is 0. The van der Waals surface area contributed by atoms with Crippen molar-refractivity contribution >= 4 is 35.1 Å². The largest absolute Gasteiger partial charge is 0.274 e. The van der Waals surface area contributed by atoms with Crippen LogP contribution >= 0.6 is 0 Å². The molecule has 1 atom stereocenters. The van der Waals surface area contributed by atoms with E-state index >= 15 is 0 Å². The molecule has 2 heterocycles. The van der Waals surface area contributed by atoms with Gasteiger partial charge in [-0.1, -0.05) is 13.0 Å². The second kappa shape index (κ2) is 5.56. The number of hydrogen-bond acceptors (Lipinski definition) is 6. The van der Waals surface area contributed by atoms with Crippen molar-refractivity contribution in [1.29, 1.82) is 0 Å². The van der Waals surface area contributed by atoms with Gasteiger partial charge in [-0.15, -0.1) is 0 Å². The van der Waals surface area contributed by atoms with Crippen LogP contribution in [0.15, 0.2) is 46.7 Å². The van der Waals surface area contributed by atoms with Crippen LogP contribution < -0.4 is 0 Å². The molecule has 116 valence electrons. The quantitative estimate of drug-likeness (QED) is 0.677. The van der Waals surface area contributed by atoms with E-state index in [9.17, 15) is 19.2 Å². The van der Waals surface area contributed by atoms with Crippen LogP contribution in [0.5, 0.6) is 0 Å². The lowest BCUT2D eigenvalue weighted by Gasteiger charge is -2.19. The van der Waals surface area contributed by atoms with Crippen LogP contribution in [-0.2, 0) is 19.2 Å². The van der Waals surface area contributed by atoms with Crippen LogP contribution in [0.25, 0.3) is 0 Å². The van der Waals surface area contributed by atoms with Gasteiger partial charge in [0.15, 0.2) is 0 Å². The van der Waals surface area contributed by atoms with E-state index in [-0.39, 0.29) is 12.3 Å². The molecule has 0 fully saturated rings. The van der Waals surface area contributed by atoms with Gasteiger partial charge < -0.3 is 0 Å². The van der Waals surface area contributed by atoms with Crippen molar-refractivity contribution in [1.82, 2.24) is 10.0 Å². The highest BCUT2D eigenvalue weighted by Gasteiger charge is 2.27. The molecule has 0 radical (unpaired) electrons. The van der Waals surface area contributed by atoms with Crippen molar-refractivity contribution in [2.45, 2.75) is 13.3 Å². The summed E-state index contributed by atoms with van der Waals surface area (Å²) in [5, 5.41) is 9.66. The number of hydrazone groups is 2. The van der Waals surface area contributed by atoms with Gasteiger partial charge in [0.05, 0.1) is 11.4 Å². The maximum absolute atomic E-state index is 11.6. The van der Waals surface area contributed by atoms with E-state index < -0.39 is 23.6 Å². The molecular formula is C15H12N4O4. The molecule has 8 nitrogen and oxygen atoms in total. The van der Waals surface area contributed by atoms with Gasteiger partial charge in [0, 0.05) is 36.6 Å². The minimum atomic E-state index is -0.512. The Labute approximate surface area is 131 Å². The molecule has 1 unspecified atom stereocenters. The maximum atomic E-state index is 11.6. The summed E-state index contributed by atoms with van der Waals surface area (Å²) < 4.78 is 0. The number of carbonyl (C=O) groups is 4. The zero-order chi connectivity index (χ0) is 16.6. The van der Waals surface area contributed by atoms with E-state index in [4.69, 9.17) is 0 Å². The van der Waals surface area contributed by atoms with Gasteiger partial charge in [0.1, 0.15) is 0 Å². The molecule has 0 bridgehead atoms. The van der Waals surface area contributed by atoms with Crippen LogP contribution in [0.2, 0.25) is 0 Å². The van der Waals surface area contributed by atoms with Gasteiger partial charge in [-0.3, -0.25) is 19.2 Å². The zero-order valence-electron chi connectivity index (χ0n) is 12.2. The van der Waals surface area contributed by atoms with Crippen LogP contribution in [0.4, 0.5) is 0 Å². The first-order valence-electron chi connectivity index (χ1n) is 6.91. The minimum absolute atomic E-state index is 0.0988. The number of imide groups is 2. The molecule has 0 saturated carbocycles. The first kappa shape index (κ1) is 14.8. The van der Waals surface area contributed by atoms with E-state index in [0.29, 0.717) is 11.4 Å². The summed E-state index contributed by atoms with van der Waals surface area (Å²) in [4.78, 5) is 46.2. The molecule has 2 aliphatic heterocycles. The SMILES string of the molecule is CC1C=CC(=NN2C(=O)C=CC2=O)CC1=NN1C(=O)C=CC1=O. The molecule has 0 saturated heterocycles. The van der Waals surface area contributed by atoms with Crippen molar-refractivity contribution in [2.24, 2.45) is 16.1 Å². The van der Waals surface area contributed by atoms with Crippen molar-refractivity contribution in [3.63, 3.8) is 0 Å². The summed E-state index contributed by atoms with van der Waals surface area (Å²) in [6, 6.07) is 0.